The van der Waals surface area contributed by atoms with Crippen molar-refractivity contribution in [3.8, 4) is 11.5 Å². The number of hydrogen-bond donors (Lipinski definition) is 1. The van der Waals surface area contributed by atoms with Crippen LogP contribution in [0.1, 0.15) is 18.1 Å². The third-order valence-corrected chi connectivity index (χ3v) is 8.12. The van der Waals surface area contributed by atoms with Gasteiger partial charge in [0.1, 0.15) is 0 Å². The maximum atomic E-state index is 12.9. The molecule has 184 valence electrons. The second-order valence-corrected chi connectivity index (χ2v) is 11.2. The Morgan fingerprint density at radius 3 is 2.53 bits per heavy atom. The van der Waals surface area contributed by atoms with Crippen LogP contribution in [0.5, 0.6) is 0 Å². The Kier molecular flexibility index (Phi) is 6.55. The second kappa shape index (κ2) is 9.79. The highest BCUT2D eigenvalue weighted by atomic mass is 32.2. The van der Waals surface area contributed by atoms with Crippen LogP contribution in [-0.4, -0.2) is 36.3 Å². The molecule has 5 rings (SSSR count). The Morgan fingerprint density at radius 1 is 1.06 bits per heavy atom. The van der Waals surface area contributed by atoms with E-state index in [1.165, 1.54) is 17.3 Å². The van der Waals surface area contributed by atoms with Crippen molar-refractivity contribution in [2.45, 2.75) is 36.4 Å². The first-order chi connectivity index (χ1) is 17.3. The highest BCUT2D eigenvalue weighted by Crippen LogP contribution is 2.33. The number of nitrogens with one attached hydrogen (secondary N) is 1. The van der Waals surface area contributed by atoms with E-state index in [2.05, 4.69) is 21.0 Å². The van der Waals surface area contributed by atoms with Crippen molar-refractivity contribution in [2.24, 2.45) is 0 Å². The van der Waals surface area contributed by atoms with Gasteiger partial charge in [0.15, 0.2) is 0 Å². The maximum Gasteiger partial charge on any atom is 0.277 e. The summed E-state index contributed by atoms with van der Waals surface area (Å²) < 4.78 is 33.5. The molecule has 8 nitrogen and oxygen atoms in total. The number of para-hydroxylation sites is 1. The minimum atomic E-state index is -3.69. The molecule has 0 aliphatic carbocycles. The van der Waals surface area contributed by atoms with Gasteiger partial charge < -0.3 is 9.32 Å². The predicted molar refractivity (Wildman–Crippen MR) is 140 cm³/mol. The van der Waals surface area contributed by atoms with E-state index in [0.717, 1.165) is 17.7 Å². The Hall–Kier alpha value is -3.63. The lowest BCUT2D eigenvalue weighted by atomic mass is 10.1. The van der Waals surface area contributed by atoms with Crippen LogP contribution in [0, 0.1) is 6.92 Å². The standard InChI is InChI=1S/C26H24N4O4S2/c1-17-7-13-22(14-8-17)36(32,33)29-21-11-9-19(10-12-21)25-27-28-26(34-25)35-16-24(31)30-18(2)15-20-5-3-4-6-23(20)30/h3-14,18,29H,15-16H2,1-2H3/t18-/m0/s1. The van der Waals surface area contributed by atoms with Crippen LogP contribution in [0.15, 0.2) is 87.3 Å². The molecule has 1 N–H and O–H groups in total. The number of fused-ring (bicyclic) bond motifs is 1. The monoisotopic (exact) mass is 520 g/mol. The molecular formula is C26H24N4O4S2. The normalized spacial score (nSPS) is 15.1. The Bertz CT molecular complexity index is 1500. The Morgan fingerprint density at radius 2 is 1.78 bits per heavy atom. The van der Waals surface area contributed by atoms with E-state index in [4.69, 9.17) is 4.42 Å². The van der Waals surface area contributed by atoms with E-state index in [1.807, 2.05) is 36.9 Å². The maximum absolute atomic E-state index is 12.9. The molecule has 1 aliphatic heterocycles. The number of benzene rings is 3. The molecule has 0 spiro atoms. The average molecular weight is 521 g/mol. The highest BCUT2D eigenvalue weighted by molar-refractivity contribution is 7.99. The number of rotatable bonds is 7. The molecule has 0 unspecified atom stereocenters. The van der Waals surface area contributed by atoms with E-state index in [0.29, 0.717) is 16.5 Å². The molecule has 1 atom stereocenters. The third kappa shape index (κ3) is 5.00. The van der Waals surface area contributed by atoms with Crippen molar-refractivity contribution in [1.29, 1.82) is 0 Å². The summed E-state index contributed by atoms with van der Waals surface area (Å²) in [5, 5.41) is 8.41. The molecule has 2 heterocycles. The zero-order valence-corrected chi connectivity index (χ0v) is 21.3. The number of carbonyl (C=O) groups excluding carboxylic acids is 1. The van der Waals surface area contributed by atoms with Gasteiger partial charge in [-0.25, -0.2) is 8.42 Å². The van der Waals surface area contributed by atoms with Crippen LogP contribution < -0.4 is 9.62 Å². The first-order valence-corrected chi connectivity index (χ1v) is 13.8. The van der Waals surface area contributed by atoms with E-state index in [-0.39, 0.29) is 28.5 Å². The van der Waals surface area contributed by atoms with Crippen molar-refractivity contribution in [3.05, 3.63) is 83.9 Å². The van der Waals surface area contributed by atoms with Gasteiger partial charge in [-0.3, -0.25) is 9.52 Å². The number of aromatic nitrogens is 2. The molecule has 0 radical (unpaired) electrons. The van der Waals surface area contributed by atoms with Crippen molar-refractivity contribution in [2.75, 3.05) is 15.4 Å². The molecule has 1 amide bonds. The minimum Gasteiger partial charge on any atom is -0.411 e. The van der Waals surface area contributed by atoms with E-state index in [1.54, 1.807) is 48.5 Å². The van der Waals surface area contributed by atoms with Gasteiger partial charge in [0.05, 0.1) is 10.6 Å². The fourth-order valence-electron chi connectivity index (χ4n) is 4.14. The SMILES string of the molecule is Cc1ccc(S(=O)(=O)Nc2ccc(-c3nnc(SCC(=O)N4c5ccccc5C[C@@H]4C)o3)cc2)cc1. The second-order valence-electron chi connectivity index (χ2n) is 8.60. The van der Waals surface area contributed by atoms with Gasteiger partial charge in [0, 0.05) is 23.0 Å². The summed E-state index contributed by atoms with van der Waals surface area (Å²) in [6.45, 7) is 3.94. The fourth-order valence-corrected chi connectivity index (χ4v) is 5.82. The molecule has 0 fully saturated rings. The van der Waals surface area contributed by atoms with Gasteiger partial charge in [-0.2, -0.15) is 0 Å². The van der Waals surface area contributed by atoms with Crippen LogP contribution in [-0.2, 0) is 21.2 Å². The molecule has 1 aliphatic rings. The lowest BCUT2D eigenvalue weighted by Crippen LogP contribution is -2.36. The number of aryl methyl sites for hydroxylation is 1. The molecule has 10 heteroatoms. The van der Waals surface area contributed by atoms with Crippen LogP contribution in [0.25, 0.3) is 11.5 Å². The van der Waals surface area contributed by atoms with Crippen molar-refractivity contribution >= 4 is 39.1 Å². The quantitative estimate of drug-likeness (QED) is 0.345. The molecule has 0 bridgehead atoms. The number of hydrogen-bond acceptors (Lipinski definition) is 7. The predicted octanol–water partition coefficient (Wildman–Crippen LogP) is 4.92. The molecule has 3 aromatic carbocycles. The van der Waals surface area contributed by atoms with Crippen LogP contribution in [0.4, 0.5) is 11.4 Å². The molecule has 36 heavy (non-hydrogen) atoms. The first kappa shape index (κ1) is 24.1. The number of anilines is 2. The van der Waals surface area contributed by atoms with Crippen LogP contribution in [0.3, 0.4) is 0 Å². The lowest BCUT2D eigenvalue weighted by molar-refractivity contribution is -0.116. The summed E-state index contributed by atoms with van der Waals surface area (Å²) in [5.41, 5.74) is 4.17. The number of nitrogens with zero attached hydrogens (tertiary/aromatic N) is 3. The summed E-state index contributed by atoms with van der Waals surface area (Å²) in [4.78, 5) is 14.9. The largest absolute Gasteiger partial charge is 0.411 e. The highest BCUT2D eigenvalue weighted by Gasteiger charge is 2.30. The summed E-state index contributed by atoms with van der Waals surface area (Å²) in [6.07, 6.45) is 0.842. The van der Waals surface area contributed by atoms with Gasteiger partial charge in [-0.1, -0.05) is 47.7 Å². The fraction of sp³-hybridized carbons (Fsp3) is 0.192. The van der Waals surface area contributed by atoms with Crippen LogP contribution in [0.2, 0.25) is 0 Å². The zero-order valence-electron chi connectivity index (χ0n) is 19.7. The van der Waals surface area contributed by atoms with Crippen molar-refractivity contribution in [3.63, 3.8) is 0 Å². The van der Waals surface area contributed by atoms with Crippen molar-refractivity contribution in [1.82, 2.24) is 10.2 Å². The van der Waals surface area contributed by atoms with Gasteiger partial charge in [-0.05, 0) is 68.3 Å². The molecular weight excluding hydrogens is 496 g/mol. The number of amides is 1. The van der Waals surface area contributed by atoms with Crippen molar-refractivity contribution < 1.29 is 17.6 Å². The van der Waals surface area contributed by atoms with Gasteiger partial charge in [0.2, 0.25) is 11.8 Å². The van der Waals surface area contributed by atoms with Gasteiger partial charge >= 0.3 is 0 Å². The first-order valence-electron chi connectivity index (χ1n) is 11.4. The number of thioether (sulfide) groups is 1. The number of carbonyl (C=O) groups is 1. The molecule has 1 aromatic heterocycles. The summed E-state index contributed by atoms with van der Waals surface area (Å²) in [6, 6.07) is 21.3. The summed E-state index contributed by atoms with van der Waals surface area (Å²) in [5.74, 6) is 0.459. The molecule has 4 aromatic rings. The Balaban J connectivity index is 1.21. The van der Waals surface area contributed by atoms with E-state index in [9.17, 15) is 13.2 Å². The average Bonchev–Trinajstić information content (AvgIpc) is 3.47. The van der Waals surface area contributed by atoms with Gasteiger partial charge in [-0.15, -0.1) is 10.2 Å². The lowest BCUT2D eigenvalue weighted by Gasteiger charge is -2.22. The molecule has 0 saturated heterocycles. The Labute approximate surface area is 213 Å². The van der Waals surface area contributed by atoms with Gasteiger partial charge in [0.25, 0.3) is 15.2 Å². The summed E-state index contributed by atoms with van der Waals surface area (Å²) >= 11 is 1.19. The smallest absolute Gasteiger partial charge is 0.277 e. The van der Waals surface area contributed by atoms with Crippen LogP contribution >= 0.6 is 11.8 Å². The van der Waals surface area contributed by atoms with E-state index >= 15 is 0 Å². The topological polar surface area (TPSA) is 105 Å². The minimum absolute atomic E-state index is 0.0117. The van der Waals surface area contributed by atoms with E-state index < -0.39 is 10.0 Å². The summed E-state index contributed by atoms with van der Waals surface area (Å²) in [7, 11) is -3.69. The molecule has 0 saturated carbocycles. The zero-order chi connectivity index (χ0) is 25.3. The third-order valence-electron chi connectivity index (χ3n) is 5.92. The number of sulfonamides is 1.